The Balaban J connectivity index is 2.26. The van der Waals surface area contributed by atoms with Crippen LogP contribution in [-0.4, -0.2) is 24.1 Å². The Bertz CT molecular complexity index is 342. The first-order valence-corrected chi connectivity index (χ1v) is 5.26. The molecule has 3 nitrogen and oxygen atoms in total. The van der Waals surface area contributed by atoms with Crippen LogP contribution in [-0.2, 0) is 9.47 Å². The van der Waals surface area contributed by atoms with Crippen molar-refractivity contribution in [2.75, 3.05) is 6.61 Å². The van der Waals surface area contributed by atoms with Crippen LogP contribution in [0, 0.1) is 0 Å². The number of rotatable bonds is 2. The average Bonchev–Trinajstić information content (AvgIpc) is 2.60. The lowest BCUT2D eigenvalue weighted by Crippen LogP contribution is -2.19. The molecule has 0 amide bonds. The predicted molar refractivity (Wildman–Crippen MR) is 56.7 cm³/mol. The zero-order chi connectivity index (χ0) is 10.8. The molecular formula is C11H13ClO3. The quantitative estimate of drug-likeness (QED) is 0.843. The molecule has 1 aliphatic rings. The molecule has 1 heterocycles. The van der Waals surface area contributed by atoms with E-state index in [2.05, 4.69) is 0 Å². The molecule has 1 aromatic carbocycles. The molecule has 1 aromatic rings. The molecule has 0 saturated carbocycles. The standard InChI is InChI=1S/C11H13ClO3/c1-7-14-10(6-13)11(15-7)8-4-2-3-5-9(8)12/h2-5,7,10-11,13H,6H2,1H3/t7?,10-,11-/m1/s1. The fraction of sp³-hybridized carbons (Fsp3) is 0.455. The highest BCUT2D eigenvalue weighted by Crippen LogP contribution is 2.35. The van der Waals surface area contributed by atoms with Crippen molar-refractivity contribution in [1.29, 1.82) is 0 Å². The minimum absolute atomic E-state index is 0.0692. The molecule has 3 atom stereocenters. The molecule has 0 radical (unpaired) electrons. The normalized spacial score (nSPS) is 30.7. The summed E-state index contributed by atoms with van der Waals surface area (Å²) in [5.41, 5.74) is 0.863. The molecule has 82 valence electrons. The van der Waals surface area contributed by atoms with Crippen LogP contribution in [0.1, 0.15) is 18.6 Å². The molecule has 0 spiro atoms. The van der Waals surface area contributed by atoms with Gasteiger partial charge in [0.15, 0.2) is 6.29 Å². The van der Waals surface area contributed by atoms with Gasteiger partial charge in [-0.25, -0.2) is 0 Å². The molecule has 1 N–H and O–H groups in total. The van der Waals surface area contributed by atoms with Gasteiger partial charge in [-0.15, -0.1) is 0 Å². The molecule has 1 saturated heterocycles. The second kappa shape index (κ2) is 4.49. The summed E-state index contributed by atoms with van der Waals surface area (Å²) in [6.07, 6.45) is -0.915. The number of halogens is 1. The van der Waals surface area contributed by atoms with Crippen molar-refractivity contribution in [1.82, 2.24) is 0 Å². The maximum absolute atomic E-state index is 9.16. The number of benzene rings is 1. The lowest BCUT2D eigenvalue weighted by atomic mass is 10.1. The Hall–Kier alpha value is -0.610. The van der Waals surface area contributed by atoms with E-state index in [1.54, 1.807) is 13.0 Å². The minimum Gasteiger partial charge on any atom is -0.394 e. The summed E-state index contributed by atoms with van der Waals surface area (Å²) in [5, 5.41) is 9.80. The van der Waals surface area contributed by atoms with Crippen LogP contribution in [0.25, 0.3) is 0 Å². The smallest absolute Gasteiger partial charge is 0.156 e. The molecule has 15 heavy (non-hydrogen) atoms. The number of aliphatic hydroxyl groups is 1. The number of hydrogen-bond donors (Lipinski definition) is 1. The summed E-state index contributed by atoms with van der Waals surface area (Å²) in [6.45, 7) is 1.74. The Morgan fingerprint density at radius 2 is 2.07 bits per heavy atom. The van der Waals surface area contributed by atoms with Gasteiger partial charge in [-0.05, 0) is 13.0 Å². The van der Waals surface area contributed by atoms with Crippen molar-refractivity contribution in [3.63, 3.8) is 0 Å². The van der Waals surface area contributed by atoms with Gasteiger partial charge in [0.25, 0.3) is 0 Å². The van der Waals surface area contributed by atoms with Crippen LogP contribution in [0.3, 0.4) is 0 Å². The van der Waals surface area contributed by atoms with Crippen LogP contribution >= 0.6 is 11.6 Å². The summed E-state index contributed by atoms with van der Waals surface area (Å²) < 4.78 is 11.0. The van der Waals surface area contributed by atoms with Gasteiger partial charge in [0.05, 0.1) is 6.61 Å². The first-order chi connectivity index (χ1) is 7.22. The van der Waals surface area contributed by atoms with Crippen LogP contribution in [0.5, 0.6) is 0 Å². The van der Waals surface area contributed by atoms with E-state index in [1.165, 1.54) is 0 Å². The largest absolute Gasteiger partial charge is 0.394 e. The third-order valence-corrected chi connectivity index (χ3v) is 2.78. The lowest BCUT2D eigenvalue weighted by Gasteiger charge is -2.15. The highest BCUT2D eigenvalue weighted by Gasteiger charge is 2.35. The van der Waals surface area contributed by atoms with Gasteiger partial charge in [-0.1, -0.05) is 29.8 Å². The summed E-state index contributed by atoms with van der Waals surface area (Å²) in [5.74, 6) is 0. The van der Waals surface area contributed by atoms with Crippen LogP contribution < -0.4 is 0 Å². The molecule has 0 aliphatic carbocycles. The second-order valence-electron chi connectivity index (χ2n) is 3.50. The lowest BCUT2D eigenvalue weighted by molar-refractivity contribution is -0.0563. The SMILES string of the molecule is CC1O[C@H](c2ccccc2Cl)[C@@H](CO)O1. The topological polar surface area (TPSA) is 38.7 Å². The van der Waals surface area contributed by atoms with Crippen LogP contribution in [0.4, 0.5) is 0 Å². The highest BCUT2D eigenvalue weighted by molar-refractivity contribution is 6.31. The fourth-order valence-corrected chi connectivity index (χ4v) is 2.01. The maximum atomic E-state index is 9.16. The fourth-order valence-electron chi connectivity index (χ4n) is 1.76. The Labute approximate surface area is 93.6 Å². The summed E-state index contributed by atoms with van der Waals surface area (Å²) in [7, 11) is 0. The minimum atomic E-state index is -0.333. The van der Waals surface area contributed by atoms with E-state index in [0.29, 0.717) is 5.02 Å². The Morgan fingerprint density at radius 1 is 1.33 bits per heavy atom. The first-order valence-electron chi connectivity index (χ1n) is 4.88. The summed E-state index contributed by atoms with van der Waals surface area (Å²) in [4.78, 5) is 0. The average molecular weight is 229 g/mol. The zero-order valence-corrected chi connectivity index (χ0v) is 9.15. The van der Waals surface area contributed by atoms with Gasteiger partial charge >= 0.3 is 0 Å². The van der Waals surface area contributed by atoms with Gasteiger partial charge in [0.1, 0.15) is 12.2 Å². The van der Waals surface area contributed by atoms with Crippen molar-refractivity contribution in [3.05, 3.63) is 34.9 Å². The predicted octanol–water partition coefficient (Wildman–Crippen LogP) is 2.13. The molecule has 0 bridgehead atoms. The van der Waals surface area contributed by atoms with E-state index in [1.807, 2.05) is 18.2 Å². The van der Waals surface area contributed by atoms with E-state index < -0.39 is 0 Å². The number of hydrogen-bond acceptors (Lipinski definition) is 3. The van der Waals surface area contributed by atoms with Crippen LogP contribution in [0.2, 0.25) is 5.02 Å². The van der Waals surface area contributed by atoms with Crippen molar-refractivity contribution in [2.24, 2.45) is 0 Å². The first kappa shape index (κ1) is 10.9. The van der Waals surface area contributed by atoms with Gasteiger partial charge in [-0.3, -0.25) is 0 Å². The van der Waals surface area contributed by atoms with Gasteiger partial charge in [0.2, 0.25) is 0 Å². The van der Waals surface area contributed by atoms with E-state index in [4.69, 9.17) is 26.2 Å². The van der Waals surface area contributed by atoms with Crippen molar-refractivity contribution in [3.8, 4) is 0 Å². The molecule has 2 rings (SSSR count). The van der Waals surface area contributed by atoms with E-state index >= 15 is 0 Å². The van der Waals surface area contributed by atoms with Gasteiger partial charge in [0, 0.05) is 10.6 Å². The van der Waals surface area contributed by atoms with Crippen LogP contribution in [0.15, 0.2) is 24.3 Å². The number of aliphatic hydroxyl groups excluding tert-OH is 1. The summed E-state index contributed by atoms with van der Waals surface area (Å²) in [6, 6.07) is 7.44. The Kier molecular flexibility index (Phi) is 3.26. The monoisotopic (exact) mass is 228 g/mol. The van der Waals surface area contributed by atoms with Crippen molar-refractivity contribution in [2.45, 2.75) is 25.4 Å². The zero-order valence-electron chi connectivity index (χ0n) is 8.39. The Morgan fingerprint density at radius 3 is 2.73 bits per heavy atom. The number of ether oxygens (including phenoxy) is 2. The third-order valence-electron chi connectivity index (χ3n) is 2.43. The van der Waals surface area contributed by atoms with E-state index in [9.17, 15) is 0 Å². The summed E-state index contributed by atoms with van der Waals surface area (Å²) >= 11 is 6.06. The molecule has 4 heteroatoms. The molecular weight excluding hydrogens is 216 g/mol. The maximum Gasteiger partial charge on any atom is 0.156 e. The van der Waals surface area contributed by atoms with Gasteiger partial charge < -0.3 is 14.6 Å². The molecule has 1 aliphatic heterocycles. The van der Waals surface area contributed by atoms with Crippen molar-refractivity contribution < 1.29 is 14.6 Å². The van der Waals surface area contributed by atoms with E-state index in [-0.39, 0.29) is 25.1 Å². The van der Waals surface area contributed by atoms with E-state index in [0.717, 1.165) is 5.56 Å². The second-order valence-corrected chi connectivity index (χ2v) is 3.91. The molecule has 1 fully saturated rings. The molecule has 0 aromatic heterocycles. The molecule has 1 unspecified atom stereocenters. The highest BCUT2D eigenvalue weighted by atomic mass is 35.5. The van der Waals surface area contributed by atoms with Gasteiger partial charge in [-0.2, -0.15) is 0 Å². The third kappa shape index (κ3) is 2.16. The van der Waals surface area contributed by atoms with Crippen molar-refractivity contribution >= 4 is 11.6 Å².